The molecular formula is C10H10N2O3S2. The minimum absolute atomic E-state index is 0.0349. The predicted octanol–water partition coefficient (Wildman–Crippen LogP) is 1.33. The van der Waals surface area contributed by atoms with E-state index in [1.165, 1.54) is 35.6 Å². The molecule has 0 aliphatic carbocycles. The summed E-state index contributed by atoms with van der Waals surface area (Å²) >= 11 is 1.40. The van der Waals surface area contributed by atoms with Crippen molar-refractivity contribution >= 4 is 21.4 Å². The third kappa shape index (κ3) is 3.02. The van der Waals surface area contributed by atoms with Crippen LogP contribution in [0.3, 0.4) is 0 Å². The quantitative estimate of drug-likeness (QED) is 0.878. The van der Waals surface area contributed by atoms with Crippen LogP contribution in [0.5, 0.6) is 5.75 Å². The van der Waals surface area contributed by atoms with Gasteiger partial charge < -0.3 is 5.11 Å². The molecule has 0 aliphatic heterocycles. The molecule has 2 aromatic rings. The van der Waals surface area contributed by atoms with E-state index in [0.29, 0.717) is 5.69 Å². The Morgan fingerprint density at radius 1 is 1.41 bits per heavy atom. The van der Waals surface area contributed by atoms with Gasteiger partial charge in [-0.15, -0.1) is 11.3 Å². The maximum Gasteiger partial charge on any atom is 0.241 e. The molecule has 5 nitrogen and oxygen atoms in total. The van der Waals surface area contributed by atoms with Crippen molar-refractivity contribution in [2.24, 2.45) is 0 Å². The molecule has 1 aromatic heterocycles. The minimum atomic E-state index is -3.60. The van der Waals surface area contributed by atoms with E-state index in [2.05, 4.69) is 9.71 Å². The average Bonchev–Trinajstić information content (AvgIpc) is 2.79. The highest BCUT2D eigenvalue weighted by molar-refractivity contribution is 7.89. The Balaban J connectivity index is 2.14. The number of nitrogens with zero attached hydrogens (tertiary/aromatic N) is 1. The highest BCUT2D eigenvalue weighted by atomic mass is 32.2. The van der Waals surface area contributed by atoms with Gasteiger partial charge in [-0.3, -0.25) is 0 Å². The summed E-state index contributed by atoms with van der Waals surface area (Å²) in [4.78, 5) is 4.01. The number of aromatic nitrogens is 1. The number of nitrogens with one attached hydrogen (secondary N) is 1. The molecule has 0 atom stereocenters. The number of hydrogen-bond acceptors (Lipinski definition) is 5. The molecule has 0 amide bonds. The fourth-order valence-corrected chi connectivity index (χ4v) is 2.82. The zero-order valence-electron chi connectivity index (χ0n) is 8.70. The van der Waals surface area contributed by atoms with Gasteiger partial charge in [0.1, 0.15) is 5.75 Å². The van der Waals surface area contributed by atoms with E-state index < -0.39 is 10.0 Å². The molecule has 1 heterocycles. The Kier molecular flexibility index (Phi) is 3.41. The summed E-state index contributed by atoms with van der Waals surface area (Å²) in [6.07, 6.45) is 0. The van der Waals surface area contributed by atoms with Gasteiger partial charge in [-0.1, -0.05) is 6.07 Å². The fourth-order valence-electron chi connectivity index (χ4n) is 1.23. The lowest BCUT2D eigenvalue weighted by molar-refractivity contribution is 0.473. The first kappa shape index (κ1) is 12.0. The van der Waals surface area contributed by atoms with Gasteiger partial charge in [0, 0.05) is 5.38 Å². The molecular weight excluding hydrogens is 260 g/mol. The summed E-state index contributed by atoms with van der Waals surface area (Å²) < 4.78 is 26.1. The molecule has 0 spiro atoms. The van der Waals surface area contributed by atoms with Crippen molar-refractivity contribution < 1.29 is 13.5 Å². The molecule has 0 saturated carbocycles. The number of aromatic hydroxyl groups is 1. The third-order valence-electron chi connectivity index (χ3n) is 2.05. The predicted molar refractivity (Wildman–Crippen MR) is 64.2 cm³/mol. The number of rotatable bonds is 4. The van der Waals surface area contributed by atoms with Crippen molar-refractivity contribution in [3.8, 4) is 5.75 Å². The Bertz CT molecular complexity index is 594. The summed E-state index contributed by atoms with van der Waals surface area (Å²) in [5, 5.41) is 11.0. The van der Waals surface area contributed by atoms with Crippen LogP contribution >= 0.6 is 11.3 Å². The van der Waals surface area contributed by atoms with Crippen LogP contribution < -0.4 is 4.72 Å². The maximum atomic E-state index is 11.8. The van der Waals surface area contributed by atoms with E-state index in [1.807, 2.05) is 0 Å². The maximum absolute atomic E-state index is 11.8. The number of hydrogen-bond donors (Lipinski definition) is 2. The van der Waals surface area contributed by atoms with Gasteiger partial charge in [0.25, 0.3) is 0 Å². The van der Waals surface area contributed by atoms with Gasteiger partial charge in [0.15, 0.2) is 0 Å². The van der Waals surface area contributed by atoms with E-state index in [9.17, 15) is 13.5 Å². The Hall–Kier alpha value is -1.44. The molecule has 0 saturated heterocycles. The second-order valence-electron chi connectivity index (χ2n) is 3.30. The largest absolute Gasteiger partial charge is 0.508 e. The minimum Gasteiger partial charge on any atom is -0.508 e. The van der Waals surface area contributed by atoms with Gasteiger partial charge in [-0.2, -0.15) is 0 Å². The molecule has 17 heavy (non-hydrogen) atoms. The number of benzene rings is 1. The Labute approximate surface area is 103 Å². The lowest BCUT2D eigenvalue weighted by Gasteiger charge is -2.05. The molecule has 0 unspecified atom stereocenters. The van der Waals surface area contributed by atoms with Crippen LogP contribution in [0.15, 0.2) is 40.1 Å². The van der Waals surface area contributed by atoms with Gasteiger partial charge in [-0.25, -0.2) is 18.1 Å². The van der Waals surface area contributed by atoms with Crippen LogP contribution in [0.2, 0.25) is 0 Å². The van der Waals surface area contributed by atoms with Crippen LogP contribution in [0.25, 0.3) is 0 Å². The highest BCUT2D eigenvalue weighted by Crippen LogP contribution is 2.15. The second kappa shape index (κ2) is 4.82. The standard InChI is InChI=1S/C10H10N2O3S2/c13-9-2-1-3-10(4-9)17(14,15)12-5-8-6-16-7-11-8/h1-4,6-7,12-13H,5H2. The summed E-state index contributed by atoms with van der Waals surface area (Å²) in [6.45, 7) is 0.140. The lowest BCUT2D eigenvalue weighted by atomic mass is 10.3. The van der Waals surface area contributed by atoms with E-state index in [-0.39, 0.29) is 17.2 Å². The first-order chi connectivity index (χ1) is 8.08. The highest BCUT2D eigenvalue weighted by Gasteiger charge is 2.14. The number of phenols is 1. The van der Waals surface area contributed by atoms with Gasteiger partial charge in [0.05, 0.1) is 22.6 Å². The Morgan fingerprint density at radius 2 is 2.24 bits per heavy atom. The summed E-state index contributed by atoms with van der Waals surface area (Å²) in [5.74, 6) is -0.0819. The van der Waals surface area contributed by atoms with Gasteiger partial charge >= 0.3 is 0 Å². The average molecular weight is 270 g/mol. The van der Waals surface area contributed by atoms with Gasteiger partial charge in [-0.05, 0) is 18.2 Å². The molecule has 0 radical (unpaired) electrons. The van der Waals surface area contributed by atoms with Crippen molar-refractivity contribution in [1.29, 1.82) is 0 Å². The number of thiazole rings is 1. The molecule has 7 heteroatoms. The van der Waals surface area contributed by atoms with E-state index in [4.69, 9.17) is 0 Å². The topological polar surface area (TPSA) is 79.3 Å². The fraction of sp³-hybridized carbons (Fsp3) is 0.100. The second-order valence-corrected chi connectivity index (χ2v) is 5.79. The first-order valence-corrected chi connectivity index (χ1v) is 7.16. The normalized spacial score (nSPS) is 11.5. The van der Waals surface area contributed by atoms with Crippen molar-refractivity contribution in [2.45, 2.75) is 11.4 Å². The van der Waals surface area contributed by atoms with Crippen molar-refractivity contribution in [3.05, 3.63) is 40.8 Å². The molecule has 0 bridgehead atoms. The van der Waals surface area contributed by atoms with Crippen LogP contribution in [0.1, 0.15) is 5.69 Å². The summed E-state index contributed by atoms with van der Waals surface area (Å²) in [7, 11) is -3.60. The van der Waals surface area contributed by atoms with Crippen LogP contribution in [0, 0.1) is 0 Å². The van der Waals surface area contributed by atoms with E-state index in [1.54, 1.807) is 10.9 Å². The molecule has 2 rings (SSSR count). The summed E-state index contributed by atoms with van der Waals surface area (Å²) in [6, 6.07) is 5.51. The molecule has 0 aliphatic rings. The van der Waals surface area contributed by atoms with Crippen LogP contribution in [-0.2, 0) is 16.6 Å². The van der Waals surface area contributed by atoms with Crippen molar-refractivity contribution in [3.63, 3.8) is 0 Å². The Morgan fingerprint density at radius 3 is 2.88 bits per heavy atom. The third-order valence-corrected chi connectivity index (χ3v) is 4.09. The number of sulfonamides is 1. The molecule has 2 N–H and O–H groups in total. The van der Waals surface area contributed by atoms with Crippen LogP contribution in [0.4, 0.5) is 0 Å². The number of phenolic OH excluding ortho intramolecular Hbond substituents is 1. The van der Waals surface area contributed by atoms with E-state index >= 15 is 0 Å². The van der Waals surface area contributed by atoms with Crippen molar-refractivity contribution in [1.82, 2.24) is 9.71 Å². The smallest absolute Gasteiger partial charge is 0.241 e. The lowest BCUT2D eigenvalue weighted by Crippen LogP contribution is -2.23. The zero-order chi connectivity index (χ0) is 12.3. The monoisotopic (exact) mass is 270 g/mol. The van der Waals surface area contributed by atoms with Crippen LogP contribution in [-0.4, -0.2) is 18.5 Å². The molecule has 0 fully saturated rings. The van der Waals surface area contributed by atoms with Crippen molar-refractivity contribution in [2.75, 3.05) is 0 Å². The summed E-state index contributed by atoms with van der Waals surface area (Å²) in [5.41, 5.74) is 2.30. The van der Waals surface area contributed by atoms with E-state index in [0.717, 1.165) is 0 Å². The SMILES string of the molecule is O=S(=O)(NCc1cscn1)c1cccc(O)c1. The van der Waals surface area contributed by atoms with Gasteiger partial charge in [0.2, 0.25) is 10.0 Å². The zero-order valence-corrected chi connectivity index (χ0v) is 10.3. The molecule has 1 aromatic carbocycles. The first-order valence-electron chi connectivity index (χ1n) is 4.74. The molecule has 90 valence electrons.